The molecule has 6 heterocycles. The summed E-state index contributed by atoms with van der Waals surface area (Å²) >= 11 is 0. The fourth-order valence-corrected chi connectivity index (χ4v) is 5.04. The summed E-state index contributed by atoms with van der Waals surface area (Å²) in [7, 11) is 0. The molecule has 0 bridgehead atoms. The van der Waals surface area contributed by atoms with Gasteiger partial charge in [-0.3, -0.25) is 29.9 Å². The summed E-state index contributed by atoms with van der Waals surface area (Å²) in [6.45, 7) is 0. The van der Waals surface area contributed by atoms with Gasteiger partial charge in [0.05, 0.1) is 33.1 Å². The molecule has 9 rings (SSSR count). The van der Waals surface area contributed by atoms with Crippen LogP contribution in [0.25, 0.3) is 65.4 Å². The number of pyridine rings is 6. The van der Waals surface area contributed by atoms with Crippen LogP contribution >= 0.6 is 12.4 Å². The fraction of sp³-hybridized carbons (Fsp3) is 0. The van der Waals surface area contributed by atoms with Gasteiger partial charge < -0.3 is 5.48 Å². The Kier molecular flexibility index (Phi) is 11.1. The molecule has 6 aromatic heterocycles. The first-order valence-electron chi connectivity index (χ1n) is 13.6. The van der Waals surface area contributed by atoms with Crippen molar-refractivity contribution >= 4 is 77.8 Å². The van der Waals surface area contributed by atoms with E-state index in [4.69, 9.17) is 0 Å². The molecule has 0 atom stereocenters. The number of rotatable bonds is 0. The second-order valence-electron chi connectivity index (χ2n) is 9.65. The standard InChI is InChI=1S/3C12H8N2.ClH.H2O.Ru/c3*1-3-9-5-6-10-4-2-8-14-12(10)11(9)13-7-1;;;/h3*1-8H;1H;1H2;. The Labute approximate surface area is 277 Å². The van der Waals surface area contributed by atoms with Gasteiger partial charge in [0.25, 0.3) is 0 Å². The number of fused-ring (bicyclic) bond motifs is 9. The third kappa shape index (κ3) is 6.89. The van der Waals surface area contributed by atoms with Crippen molar-refractivity contribution in [2.24, 2.45) is 0 Å². The maximum atomic E-state index is 4.35. The van der Waals surface area contributed by atoms with Crippen molar-refractivity contribution in [1.82, 2.24) is 29.9 Å². The zero-order chi connectivity index (χ0) is 28.1. The molecule has 9 aromatic rings. The van der Waals surface area contributed by atoms with Gasteiger partial charge in [0.15, 0.2) is 0 Å². The van der Waals surface area contributed by atoms with Crippen LogP contribution in [0.1, 0.15) is 0 Å². The largest absolute Gasteiger partial charge is 0.412 e. The average molecular weight is 696 g/mol. The molecule has 0 radical (unpaired) electrons. The molecule has 0 aliphatic carbocycles. The van der Waals surface area contributed by atoms with Crippen LogP contribution in [-0.2, 0) is 19.5 Å². The predicted octanol–water partition coefficient (Wildman–Crippen LogP) is 7.94. The van der Waals surface area contributed by atoms with Crippen molar-refractivity contribution < 1.29 is 25.0 Å². The number of benzene rings is 3. The minimum absolute atomic E-state index is 0. The minimum atomic E-state index is 0. The second kappa shape index (κ2) is 15.1. The van der Waals surface area contributed by atoms with Crippen LogP contribution in [0.3, 0.4) is 0 Å². The number of halogens is 1. The predicted molar refractivity (Wildman–Crippen MR) is 182 cm³/mol. The molecular formula is C36H27ClN6ORu. The van der Waals surface area contributed by atoms with Gasteiger partial charge in [0.2, 0.25) is 0 Å². The molecule has 9 heteroatoms. The maximum Gasteiger partial charge on any atom is 0.0964 e. The van der Waals surface area contributed by atoms with Crippen molar-refractivity contribution in [2.45, 2.75) is 0 Å². The third-order valence-electron chi connectivity index (χ3n) is 7.03. The van der Waals surface area contributed by atoms with Gasteiger partial charge in [-0.05, 0) is 36.4 Å². The molecule has 45 heavy (non-hydrogen) atoms. The summed E-state index contributed by atoms with van der Waals surface area (Å²) in [5.41, 5.74) is 5.86. The van der Waals surface area contributed by atoms with Gasteiger partial charge in [-0.15, -0.1) is 12.4 Å². The second-order valence-corrected chi connectivity index (χ2v) is 9.65. The molecule has 3 aromatic carbocycles. The molecule has 7 nitrogen and oxygen atoms in total. The van der Waals surface area contributed by atoms with E-state index in [9.17, 15) is 0 Å². The first-order valence-corrected chi connectivity index (χ1v) is 13.6. The molecule has 222 valence electrons. The van der Waals surface area contributed by atoms with E-state index in [1.807, 2.05) is 36.4 Å². The van der Waals surface area contributed by atoms with Gasteiger partial charge in [-0.25, -0.2) is 0 Å². The van der Waals surface area contributed by atoms with Crippen molar-refractivity contribution in [2.75, 3.05) is 0 Å². The maximum absolute atomic E-state index is 4.35. The van der Waals surface area contributed by atoms with E-state index in [1.54, 1.807) is 37.2 Å². The van der Waals surface area contributed by atoms with Gasteiger partial charge in [0.1, 0.15) is 0 Å². The minimum Gasteiger partial charge on any atom is -0.412 e. The zero-order valence-corrected chi connectivity index (χ0v) is 26.4. The number of hydrogen-bond acceptors (Lipinski definition) is 6. The van der Waals surface area contributed by atoms with Crippen LogP contribution in [0.2, 0.25) is 0 Å². The summed E-state index contributed by atoms with van der Waals surface area (Å²) in [5.74, 6) is 0. The molecule has 0 spiro atoms. The molecule has 0 aliphatic heterocycles. The molecule has 0 aliphatic rings. The Balaban J connectivity index is 0.000000149. The van der Waals surface area contributed by atoms with Crippen molar-refractivity contribution in [1.29, 1.82) is 0 Å². The van der Waals surface area contributed by atoms with E-state index in [2.05, 4.69) is 103 Å². The Morgan fingerprint density at radius 3 is 0.578 bits per heavy atom. The van der Waals surface area contributed by atoms with Crippen molar-refractivity contribution in [3.8, 4) is 0 Å². The topological polar surface area (TPSA) is 109 Å². The van der Waals surface area contributed by atoms with Gasteiger partial charge in [-0.1, -0.05) is 72.8 Å². The Bertz CT molecular complexity index is 1930. The van der Waals surface area contributed by atoms with Crippen LogP contribution in [0.5, 0.6) is 0 Å². The molecule has 2 N–H and O–H groups in total. The monoisotopic (exact) mass is 696 g/mol. The third-order valence-corrected chi connectivity index (χ3v) is 7.03. The van der Waals surface area contributed by atoms with Crippen LogP contribution < -0.4 is 0 Å². The van der Waals surface area contributed by atoms with Crippen LogP contribution in [0.15, 0.2) is 146 Å². The average Bonchev–Trinajstić information content (AvgIpc) is 3.09. The number of hydrogen-bond donors (Lipinski definition) is 0. The smallest absolute Gasteiger partial charge is 0.0964 e. The molecule has 0 unspecified atom stereocenters. The summed E-state index contributed by atoms with van der Waals surface area (Å²) < 4.78 is 0. The summed E-state index contributed by atoms with van der Waals surface area (Å²) in [4.78, 5) is 26.1. The Hall–Kier alpha value is -5.01. The van der Waals surface area contributed by atoms with Gasteiger partial charge in [0, 0.05) is 89.0 Å². The van der Waals surface area contributed by atoms with Crippen LogP contribution in [0, 0.1) is 0 Å². The summed E-state index contributed by atoms with van der Waals surface area (Å²) in [6.07, 6.45) is 10.8. The first-order chi connectivity index (χ1) is 20.8. The zero-order valence-electron chi connectivity index (χ0n) is 23.8. The van der Waals surface area contributed by atoms with Crippen molar-refractivity contribution in [3.63, 3.8) is 0 Å². The molecule has 0 saturated carbocycles. The number of aromatic nitrogens is 6. The van der Waals surface area contributed by atoms with E-state index in [0.717, 1.165) is 65.4 Å². The molecule has 0 fully saturated rings. The van der Waals surface area contributed by atoms with Gasteiger partial charge >= 0.3 is 0 Å². The van der Waals surface area contributed by atoms with E-state index >= 15 is 0 Å². The van der Waals surface area contributed by atoms with E-state index < -0.39 is 0 Å². The number of nitrogens with zero attached hydrogens (tertiary/aromatic N) is 6. The van der Waals surface area contributed by atoms with E-state index in [1.165, 1.54) is 0 Å². The summed E-state index contributed by atoms with van der Waals surface area (Å²) in [5, 5.41) is 6.83. The normalized spacial score (nSPS) is 10.1. The first kappa shape index (κ1) is 32.9. The SMILES string of the molecule is Cl.O.[Ru].c1cnc2c(c1)ccc1cccnc12.c1cnc2c(c1)ccc1cccnc12.c1cnc2c(c1)ccc1cccnc12. The van der Waals surface area contributed by atoms with Gasteiger partial charge in [-0.2, -0.15) is 0 Å². The summed E-state index contributed by atoms with van der Waals surface area (Å²) in [6, 6.07) is 36.4. The quantitative estimate of drug-likeness (QED) is 0.118. The Morgan fingerprint density at radius 2 is 0.422 bits per heavy atom. The van der Waals surface area contributed by atoms with Crippen LogP contribution in [0.4, 0.5) is 0 Å². The molecule has 0 amide bonds. The van der Waals surface area contributed by atoms with E-state index in [-0.39, 0.29) is 37.4 Å². The Morgan fingerprint density at radius 1 is 0.267 bits per heavy atom. The van der Waals surface area contributed by atoms with Crippen molar-refractivity contribution in [3.05, 3.63) is 146 Å². The van der Waals surface area contributed by atoms with E-state index in [0.29, 0.717) is 0 Å². The molecule has 0 saturated heterocycles. The molecular weight excluding hydrogens is 669 g/mol. The fourth-order valence-electron chi connectivity index (χ4n) is 5.04. The van der Waals surface area contributed by atoms with Crippen LogP contribution in [-0.4, -0.2) is 35.4 Å².